The summed E-state index contributed by atoms with van der Waals surface area (Å²) in [6.07, 6.45) is 9.11. The van der Waals surface area contributed by atoms with Gasteiger partial charge in [-0.2, -0.15) is 0 Å². The van der Waals surface area contributed by atoms with Gasteiger partial charge in [0.1, 0.15) is 0 Å². The average Bonchev–Trinajstić information content (AvgIpc) is 2.17. The molecule has 2 nitrogen and oxygen atoms in total. The van der Waals surface area contributed by atoms with E-state index in [0.29, 0.717) is 0 Å². The summed E-state index contributed by atoms with van der Waals surface area (Å²) < 4.78 is 0. The van der Waals surface area contributed by atoms with Gasteiger partial charge in [-0.25, -0.2) is 0 Å². The van der Waals surface area contributed by atoms with Gasteiger partial charge in [-0.1, -0.05) is 18.6 Å². The Labute approximate surface area is 100 Å². The van der Waals surface area contributed by atoms with Crippen LogP contribution >= 0.6 is 0 Å². The quantitative estimate of drug-likeness (QED) is 0.744. The highest BCUT2D eigenvalue weighted by Crippen LogP contribution is 2.22. The fourth-order valence-corrected chi connectivity index (χ4v) is 2.21. The summed E-state index contributed by atoms with van der Waals surface area (Å²) in [7, 11) is 0. The van der Waals surface area contributed by atoms with Crippen molar-refractivity contribution in [2.75, 3.05) is 13.1 Å². The van der Waals surface area contributed by atoms with Gasteiger partial charge in [0, 0.05) is 5.54 Å². The standard InChI is InChI=1S/C14H27NO/c1-13(2,9-8-10-14(3,4)16)15-11-6-5-7-12-15/h8-9,16H,5-7,10-12H2,1-4H3/b9-8+. The van der Waals surface area contributed by atoms with Crippen LogP contribution in [0.5, 0.6) is 0 Å². The van der Waals surface area contributed by atoms with E-state index < -0.39 is 5.60 Å². The monoisotopic (exact) mass is 225 g/mol. The topological polar surface area (TPSA) is 23.5 Å². The molecule has 1 aliphatic rings. The Morgan fingerprint density at radius 1 is 1.06 bits per heavy atom. The zero-order valence-electron chi connectivity index (χ0n) is 11.3. The number of piperidine rings is 1. The van der Waals surface area contributed by atoms with Crippen molar-refractivity contribution in [1.82, 2.24) is 4.90 Å². The fourth-order valence-electron chi connectivity index (χ4n) is 2.21. The van der Waals surface area contributed by atoms with Gasteiger partial charge >= 0.3 is 0 Å². The Kier molecular flexibility index (Phi) is 4.57. The Morgan fingerprint density at radius 2 is 1.62 bits per heavy atom. The van der Waals surface area contributed by atoms with Crippen LogP contribution in [0.2, 0.25) is 0 Å². The van der Waals surface area contributed by atoms with E-state index in [2.05, 4.69) is 30.9 Å². The number of hydrogen-bond donors (Lipinski definition) is 1. The summed E-state index contributed by atoms with van der Waals surface area (Å²) in [5, 5.41) is 9.66. The molecule has 1 heterocycles. The van der Waals surface area contributed by atoms with E-state index in [0.717, 1.165) is 6.42 Å². The van der Waals surface area contributed by atoms with Gasteiger partial charge in [-0.15, -0.1) is 0 Å². The second-order valence-corrected chi connectivity index (χ2v) is 6.12. The lowest BCUT2D eigenvalue weighted by Gasteiger charge is -2.39. The van der Waals surface area contributed by atoms with Crippen molar-refractivity contribution in [3.8, 4) is 0 Å². The molecule has 0 aromatic rings. The Balaban J connectivity index is 2.49. The highest BCUT2D eigenvalue weighted by atomic mass is 16.3. The molecule has 0 spiro atoms. The Bertz CT molecular complexity index is 232. The first kappa shape index (κ1) is 13.7. The zero-order valence-corrected chi connectivity index (χ0v) is 11.3. The number of likely N-dealkylation sites (tertiary alicyclic amines) is 1. The molecule has 0 radical (unpaired) electrons. The van der Waals surface area contributed by atoms with Crippen molar-refractivity contribution >= 4 is 0 Å². The molecule has 94 valence electrons. The average molecular weight is 225 g/mol. The van der Waals surface area contributed by atoms with E-state index in [4.69, 9.17) is 0 Å². The lowest BCUT2D eigenvalue weighted by molar-refractivity contribution is 0.0829. The molecule has 2 heteroatoms. The summed E-state index contributed by atoms with van der Waals surface area (Å²) in [6, 6.07) is 0. The van der Waals surface area contributed by atoms with Crippen molar-refractivity contribution in [3.05, 3.63) is 12.2 Å². The van der Waals surface area contributed by atoms with Crippen molar-refractivity contribution in [2.24, 2.45) is 0 Å². The summed E-state index contributed by atoms with van der Waals surface area (Å²) in [4.78, 5) is 2.54. The second-order valence-electron chi connectivity index (χ2n) is 6.12. The van der Waals surface area contributed by atoms with Crippen LogP contribution in [0.1, 0.15) is 53.4 Å². The second kappa shape index (κ2) is 5.33. The molecular weight excluding hydrogens is 198 g/mol. The van der Waals surface area contributed by atoms with Crippen LogP contribution in [0.3, 0.4) is 0 Å². The van der Waals surface area contributed by atoms with Crippen molar-refractivity contribution < 1.29 is 5.11 Å². The molecule has 1 rings (SSSR count). The van der Waals surface area contributed by atoms with E-state index in [9.17, 15) is 5.11 Å². The molecule has 0 atom stereocenters. The van der Waals surface area contributed by atoms with Crippen LogP contribution in [0, 0.1) is 0 Å². The van der Waals surface area contributed by atoms with E-state index in [1.165, 1.54) is 32.4 Å². The lowest BCUT2D eigenvalue weighted by atomic mass is 9.96. The molecule has 0 amide bonds. The molecule has 0 unspecified atom stereocenters. The fraction of sp³-hybridized carbons (Fsp3) is 0.857. The third-order valence-electron chi connectivity index (χ3n) is 3.31. The predicted octanol–water partition coefficient (Wildman–Crippen LogP) is 2.97. The number of rotatable bonds is 4. The Hall–Kier alpha value is -0.340. The molecule has 1 aliphatic heterocycles. The van der Waals surface area contributed by atoms with Crippen LogP contribution in [0.15, 0.2) is 12.2 Å². The first-order valence-electron chi connectivity index (χ1n) is 6.46. The number of aliphatic hydroxyl groups is 1. The van der Waals surface area contributed by atoms with Crippen LogP contribution in [-0.2, 0) is 0 Å². The van der Waals surface area contributed by atoms with Crippen LogP contribution in [0.25, 0.3) is 0 Å². The van der Waals surface area contributed by atoms with Crippen LogP contribution in [0.4, 0.5) is 0 Å². The number of hydrogen-bond acceptors (Lipinski definition) is 2. The molecule has 0 aromatic carbocycles. The molecule has 0 bridgehead atoms. The maximum atomic E-state index is 9.66. The molecule has 1 saturated heterocycles. The molecule has 1 fully saturated rings. The number of nitrogens with zero attached hydrogens (tertiary/aromatic N) is 1. The van der Waals surface area contributed by atoms with Crippen LogP contribution < -0.4 is 0 Å². The smallest absolute Gasteiger partial charge is 0.0626 e. The van der Waals surface area contributed by atoms with Gasteiger partial charge in [-0.3, -0.25) is 4.90 Å². The lowest BCUT2D eigenvalue weighted by Crippen LogP contribution is -2.45. The maximum absolute atomic E-state index is 9.66. The zero-order chi connectivity index (χ0) is 12.2. The van der Waals surface area contributed by atoms with E-state index >= 15 is 0 Å². The minimum Gasteiger partial charge on any atom is -0.390 e. The Morgan fingerprint density at radius 3 is 2.12 bits per heavy atom. The molecule has 0 saturated carbocycles. The third kappa shape index (κ3) is 4.67. The van der Waals surface area contributed by atoms with Gasteiger partial charge in [0.2, 0.25) is 0 Å². The van der Waals surface area contributed by atoms with Gasteiger partial charge < -0.3 is 5.11 Å². The largest absolute Gasteiger partial charge is 0.390 e. The molecule has 1 N–H and O–H groups in total. The molecule has 0 aromatic heterocycles. The van der Waals surface area contributed by atoms with Crippen molar-refractivity contribution in [1.29, 1.82) is 0 Å². The first-order chi connectivity index (χ1) is 7.31. The van der Waals surface area contributed by atoms with Gasteiger partial charge in [0.15, 0.2) is 0 Å². The van der Waals surface area contributed by atoms with E-state index in [-0.39, 0.29) is 5.54 Å². The summed E-state index contributed by atoms with van der Waals surface area (Å²) >= 11 is 0. The first-order valence-corrected chi connectivity index (χ1v) is 6.46. The van der Waals surface area contributed by atoms with Gasteiger partial charge in [0.05, 0.1) is 5.60 Å². The van der Waals surface area contributed by atoms with Crippen LogP contribution in [-0.4, -0.2) is 34.2 Å². The van der Waals surface area contributed by atoms with E-state index in [1.807, 2.05) is 13.8 Å². The summed E-state index contributed by atoms with van der Waals surface area (Å²) in [6.45, 7) is 10.6. The predicted molar refractivity (Wildman–Crippen MR) is 69.6 cm³/mol. The highest BCUT2D eigenvalue weighted by molar-refractivity contribution is 5.04. The third-order valence-corrected chi connectivity index (χ3v) is 3.31. The maximum Gasteiger partial charge on any atom is 0.0626 e. The molecule has 0 aliphatic carbocycles. The minimum atomic E-state index is -0.589. The van der Waals surface area contributed by atoms with E-state index in [1.54, 1.807) is 0 Å². The summed E-state index contributed by atoms with van der Waals surface area (Å²) in [5.41, 5.74) is -0.458. The van der Waals surface area contributed by atoms with Crippen molar-refractivity contribution in [3.63, 3.8) is 0 Å². The van der Waals surface area contributed by atoms with Gasteiger partial charge in [0.25, 0.3) is 0 Å². The summed E-state index contributed by atoms with van der Waals surface area (Å²) in [5.74, 6) is 0. The van der Waals surface area contributed by atoms with Crippen molar-refractivity contribution in [2.45, 2.75) is 64.5 Å². The highest BCUT2D eigenvalue weighted by Gasteiger charge is 2.25. The van der Waals surface area contributed by atoms with Gasteiger partial charge in [-0.05, 0) is 60.0 Å². The minimum absolute atomic E-state index is 0.131. The normalized spacial score (nSPS) is 20.6. The molecular formula is C14H27NO. The SMILES string of the molecule is CC(C)(O)C/C=C/C(C)(C)N1CCCCC1. The molecule has 16 heavy (non-hydrogen) atoms.